The van der Waals surface area contributed by atoms with Gasteiger partial charge < -0.3 is 20.3 Å². The van der Waals surface area contributed by atoms with Crippen molar-refractivity contribution in [2.45, 2.75) is 12.8 Å². The molecule has 2 aromatic carbocycles. The summed E-state index contributed by atoms with van der Waals surface area (Å²) in [5, 5.41) is 5.56. The minimum atomic E-state index is -0.273. The molecule has 1 aliphatic rings. The number of amides is 3. The summed E-state index contributed by atoms with van der Waals surface area (Å²) in [6.45, 7) is 0.930. The molecular weight excluding hydrogens is 370 g/mol. The van der Waals surface area contributed by atoms with E-state index >= 15 is 0 Å². The van der Waals surface area contributed by atoms with Crippen molar-refractivity contribution >= 4 is 23.4 Å². The number of carbonyl (C=O) groups excluding carboxylic acids is 3. The standard InChI is InChI=1S/C22H25N3O4/c1-29-19-10-6-5-9-18(19)24-22(28)17-11-13-25(14-12-17)20(26)15-23-21(27)16-7-3-2-4-8-16/h2-10,17H,11-15H2,1H3,(H,23,27)(H,24,28). The summed E-state index contributed by atoms with van der Waals surface area (Å²) in [7, 11) is 1.56. The van der Waals surface area contributed by atoms with E-state index in [0.717, 1.165) is 0 Å². The molecule has 1 aliphatic heterocycles. The zero-order chi connectivity index (χ0) is 20.6. The maximum absolute atomic E-state index is 12.6. The summed E-state index contributed by atoms with van der Waals surface area (Å²) >= 11 is 0. The molecule has 7 heteroatoms. The number of benzene rings is 2. The lowest BCUT2D eigenvalue weighted by molar-refractivity contribution is -0.133. The van der Waals surface area contributed by atoms with Crippen LogP contribution in [0.5, 0.6) is 5.75 Å². The number of carbonyl (C=O) groups is 3. The van der Waals surface area contributed by atoms with Gasteiger partial charge in [-0.25, -0.2) is 0 Å². The summed E-state index contributed by atoms with van der Waals surface area (Å²) in [5.41, 5.74) is 1.16. The van der Waals surface area contributed by atoms with Gasteiger partial charge >= 0.3 is 0 Å². The number of hydrogen-bond donors (Lipinski definition) is 2. The van der Waals surface area contributed by atoms with Gasteiger partial charge in [0.25, 0.3) is 5.91 Å². The first kappa shape index (κ1) is 20.4. The molecule has 1 fully saturated rings. The first-order chi connectivity index (χ1) is 14.1. The van der Waals surface area contributed by atoms with Crippen molar-refractivity contribution in [3.05, 3.63) is 60.2 Å². The highest BCUT2D eigenvalue weighted by Crippen LogP contribution is 2.25. The highest BCUT2D eigenvalue weighted by atomic mass is 16.5. The van der Waals surface area contributed by atoms with Crippen LogP contribution in [0.25, 0.3) is 0 Å². The van der Waals surface area contributed by atoms with Gasteiger partial charge in [0.1, 0.15) is 5.75 Å². The maximum atomic E-state index is 12.6. The third-order valence-corrected chi connectivity index (χ3v) is 5.02. The average Bonchev–Trinajstić information content (AvgIpc) is 2.78. The van der Waals surface area contributed by atoms with E-state index in [2.05, 4.69) is 10.6 Å². The Kier molecular flexibility index (Phi) is 6.84. The second-order valence-electron chi connectivity index (χ2n) is 6.89. The van der Waals surface area contributed by atoms with Crippen molar-refractivity contribution in [1.82, 2.24) is 10.2 Å². The summed E-state index contributed by atoms with van der Waals surface area (Å²) in [6, 6.07) is 16.0. The summed E-state index contributed by atoms with van der Waals surface area (Å²) < 4.78 is 5.26. The molecule has 0 atom stereocenters. The highest BCUT2D eigenvalue weighted by Gasteiger charge is 2.27. The number of rotatable bonds is 6. The summed E-state index contributed by atoms with van der Waals surface area (Å²) in [5.74, 6) is -0.0348. The van der Waals surface area contributed by atoms with Crippen LogP contribution in [0.3, 0.4) is 0 Å². The molecule has 0 bridgehead atoms. The number of ether oxygens (including phenoxy) is 1. The molecule has 0 spiro atoms. The number of nitrogens with one attached hydrogen (secondary N) is 2. The Hall–Kier alpha value is -3.35. The topological polar surface area (TPSA) is 87.7 Å². The number of anilines is 1. The van der Waals surface area contributed by atoms with Gasteiger partial charge in [0.2, 0.25) is 11.8 Å². The van der Waals surface area contributed by atoms with Gasteiger partial charge in [-0.3, -0.25) is 14.4 Å². The van der Waals surface area contributed by atoms with Gasteiger partial charge in [0.05, 0.1) is 19.3 Å². The quantitative estimate of drug-likeness (QED) is 0.786. The van der Waals surface area contributed by atoms with Crippen molar-refractivity contribution in [3.8, 4) is 5.75 Å². The number of piperidine rings is 1. The third-order valence-electron chi connectivity index (χ3n) is 5.02. The lowest BCUT2D eigenvalue weighted by Gasteiger charge is -2.31. The number of methoxy groups -OCH3 is 1. The van der Waals surface area contributed by atoms with Crippen LogP contribution in [0, 0.1) is 5.92 Å². The fourth-order valence-corrected chi connectivity index (χ4v) is 3.33. The highest BCUT2D eigenvalue weighted by molar-refractivity contribution is 5.96. The molecular formula is C22H25N3O4. The van der Waals surface area contributed by atoms with Crippen LogP contribution in [0.1, 0.15) is 23.2 Å². The predicted molar refractivity (Wildman–Crippen MR) is 110 cm³/mol. The zero-order valence-corrected chi connectivity index (χ0v) is 16.4. The van der Waals surface area contributed by atoms with Gasteiger partial charge in [0, 0.05) is 24.6 Å². The second kappa shape index (κ2) is 9.73. The van der Waals surface area contributed by atoms with Gasteiger partial charge in [-0.05, 0) is 37.1 Å². The first-order valence-electron chi connectivity index (χ1n) is 9.63. The Morgan fingerprint density at radius 3 is 2.34 bits per heavy atom. The van der Waals surface area contributed by atoms with Gasteiger partial charge in [-0.2, -0.15) is 0 Å². The van der Waals surface area contributed by atoms with Crippen LogP contribution in [-0.4, -0.2) is 49.4 Å². The van der Waals surface area contributed by atoms with E-state index < -0.39 is 0 Å². The lowest BCUT2D eigenvalue weighted by Crippen LogP contribution is -2.45. The van der Waals surface area contributed by atoms with Crippen LogP contribution < -0.4 is 15.4 Å². The van der Waals surface area contributed by atoms with Crippen LogP contribution in [0.4, 0.5) is 5.69 Å². The monoisotopic (exact) mass is 395 g/mol. The molecule has 1 heterocycles. The first-order valence-corrected chi connectivity index (χ1v) is 9.63. The van der Waals surface area contributed by atoms with Gasteiger partial charge in [-0.15, -0.1) is 0 Å². The Bertz CT molecular complexity index is 861. The van der Waals surface area contributed by atoms with Crippen molar-refractivity contribution in [2.75, 3.05) is 32.1 Å². The van der Waals surface area contributed by atoms with E-state index in [-0.39, 0.29) is 30.2 Å². The van der Waals surface area contributed by atoms with Gasteiger partial charge in [0.15, 0.2) is 0 Å². The molecule has 1 saturated heterocycles. The van der Waals surface area contributed by atoms with Crippen molar-refractivity contribution in [1.29, 1.82) is 0 Å². The second-order valence-corrected chi connectivity index (χ2v) is 6.89. The number of para-hydroxylation sites is 2. The molecule has 0 aromatic heterocycles. The predicted octanol–water partition coefficient (Wildman–Crippen LogP) is 2.30. The average molecular weight is 395 g/mol. The van der Waals surface area contributed by atoms with Gasteiger partial charge in [-0.1, -0.05) is 30.3 Å². The van der Waals surface area contributed by atoms with Crippen molar-refractivity contribution in [2.24, 2.45) is 5.92 Å². The minimum absolute atomic E-state index is 0.0498. The number of hydrogen-bond acceptors (Lipinski definition) is 4. The normalized spacial score (nSPS) is 14.2. The third kappa shape index (κ3) is 5.34. The van der Waals surface area contributed by atoms with Crippen molar-refractivity contribution in [3.63, 3.8) is 0 Å². The Labute approximate surface area is 170 Å². The number of nitrogens with zero attached hydrogens (tertiary/aromatic N) is 1. The van der Waals surface area contributed by atoms with E-state index in [4.69, 9.17) is 4.74 Å². The molecule has 0 saturated carbocycles. The van der Waals surface area contributed by atoms with Crippen LogP contribution in [0.15, 0.2) is 54.6 Å². The molecule has 7 nitrogen and oxygen atoms in total. The molecule has 0 aliphatic carbocycles. The minimum Gasteiger partial charge on any atom is -0.495 e. The summed E-state index contributed by atoms with van der Waals surface area (Å²) in [4.78, 5) is 38.7. The van der Waals surface area contributed by atoms with Crippen LogP contribution in [-0.2, 0) is 9.59 Å². The fourth-order valence-electron chi connectivity index (χ4n) is 3.33. The Balaban J connectivity index is 1.45. The molecule has 29 heavy (non-hydrogen) atoms. The molecule has 152 valence electrons. The molecule has 2 N–H and O–H groups in total. The molecule has 2 aromatic rings. The van der Waals surface area contributed by atoms with E-state index in [0.29, 0.717) is 42.9 Å². The Morgan fingerprint density at radius 2 is 1.66 bits per heavy atom. The number of likely N-dealkylation sites (tertiary alicyclic amines) is 1. The van der Waals surface area contributed by atoms with E-state index in [1.165, 1.54) is 0 Å². The van der Waals surface area contributed by atoms with Crippen molar-refractivity contribution < 1.29 is 19.1 Å². The maximum Gasteiger partial charge on any atom is 0.251 e. The van der Waals surface area contributed by atoms with Crippen LogP contribution in [0.2, 0.25) is 0 Å². The molecule has 3 rings (SSSR count). The molecule has 0 radical (unpaired) electrons. The van der Waals surface area contributed by atoms with E-state index in [1.54, 1.807) is 48.4 Å². The molecule has 3 amide bonds. The Morgan fingerprint density at radius 1 is 1.00 bits per heavy atom. The molecule has 0 unspecified atom stereocenters. The smallest absolute Gasteiger partial charge is 0.251 e. The fraction of sp³-hybridized carbons (Fsp3) is 0.318. The van der Waals surface area contributed by atoms with Crippen LogP contribution >= 0.6 is 0 Å². The summed E-state index contributed by atoms with van der Waals surface area (Å²) in [6.07, 6.45) is 1.17. The SMILES string of the molecule is COc1ccccc1NC(=O)C1CCN(C(=O)CNC(=O)c2ccccc2)CC1. The lowest BCUT2D eigenvalue weighted by atomic mass is 9.95. The van der Waals surface area contributed by atoms with E-state index in [1.807, 2.05) is 18.2 Å². The zero-order valence-electron chi connectivity index (χ0n) is 16.4. The van der Waals surface area contributed by atoms with E-state index in [9.17, 15) is 14.4 Å². The largest absolute Gasteiger partial charge is 0.495 e.